The van der Waals surface area contributed by atoms with Gasteiger partial charge in [-0.1, -0.05) is 75.6 Å². The van der Waals surface area contributed by atoms with Crippen molar-refractivity contribution in [3.05, 3.63) is 22.8 Å². The zero-order chi connectivity index (χ0) is 18.5. The van der Waals surface area contributed by atoms with E-state index in [1.54, 1.807) is 0 Å². The maximum Gasteiger partial charge on any atom is 0.305 e. The number of methoxy groups -OCH3 is 1. The highest BCUT2D eigenvalue weighted by Crippen LogP contribution is 2.33. The fourth-order valence-electron chi connectivity index (χ4n) is 3.23. The Bertz CT molecular complexity index is 480. The first-order chi connectivity index (χ1) is 12.1. The van der Waals surface area contributed by atoms with E-state index in [9.17, 15) is 9.59 Å². The molecule has 25 heavy (non-hydrogen) atoms. The molecule has 1 atom stereocenters. The Kier molecular flexibility index (Phi) is 11.6. The average molecular weight is 369 g/mol. The molecule has 0 aromatic heterocycles. The van der Waals surface area contributed by atoms with Crippen LogP contribution in [-0.4, -0.2) is 18.9 Å². The van der Waals surface area contributed by atoms with Gasteiger partial charge in [-0.3, -0.25) is 9.59 Å². The summed E-state index contributed by atoms with van der Waals surface area (Å²) in [5, 5.41) is 0.382. The predicted octanol–water partition coefficient (Wildman–Crippen LogP) is 6.11. The van der Waals surface area contributed by atoms with Gasteiger partial charge in [-0.15, -0.1) is 0 Å². The van der Waals surface area contributed by atoms with Crippen LogP contribution in [0, 0.1) is 5.92 Å². The summed E-state index contributed by atoms with van der Waals surface area (Å²) in [7, 11) is 1.42. The fraction of sp³-hybridized carbons (Fsp3) is 0.714. The Hall–Kier alpha value is -1.09. The number of Topliss-reactive ketones (excluding diaryl/α,β-unsaturated/α-hetero) is 1. The van der Waals surface area contributed by atoms with Gasteiger partial charge in [0.1, 0.15) is 0 Å². The smallest absolute Gasteiger partial charge is 0.305 e. The van der Waals surface area contributed by atoms with Crippen molar-refractivity contribution < 1.29 is 14.3 Å². The lowest BCUT2D eigenvalue weighted by molar-refractivity contribution is -0.140. The number of hydrogen-bond donors (Lipinski definition) is 0. The second-order valence-corrected chi connectivity index (χ2v) is 7.25. The van der Waals surface area contributed by atoms with Crippen LogP contribution in [0.4, 0.5) is 0 Å². The van der Waals surface area contributed by atoms with Crippen LogP contribution in [0.2, 0.25) is 0 Å². The maximum atomic E-state index is 12.2. The molecule has 1 aliphatic carbocycles. The largest absolute Gasteiger partial charge is 0.469 e. The summed E-state index contributed by atoms with van der Waals surface area (Å²) in [4.78, 5) is 23.3. The first kappa shape index (κ1) is 22.0. The van der Waals surface area contributed by atoms with Gasteiger partial charge in [0.25, 0.3) is 0 Å². The van der Waals surface area contributed by atoms with E-state index < -0.39 is 0 Å². The molecule has 1 rings (SSSR count). The Labute approximate surface area is 157 Å². The standard InChI is InChI=1S/C21H33ClO3/c1-3-4-5-6-7-10-13-17-16-19(22)21(24)18(17)14-11-8-9-12-15-20(23)25-2/h14,16-17H,3-13,15H2,1-2H3/b18-14-. The van der Waals surface area contributed by atoms with Gasteiger partial charge < -0.3 is 4.74 Å². The number of carbonyl (C=O) groups is 2. The van der Waals surface area contributed by atoms with Crippen molar-refractivity contribution in [2.75, 3.05) is 7.11 Å². The summed E-state index contributed by atoms with van der Waals surface area (Å²) >= 11 is 6.07. The summed E-state index contributed by atoms with van der Waals surface area (Å²) in [6, 6.07) is 0. The van der Waals surface area contributed by atoms with Gasteiger partial charge in [0.15, 0.2) is 5.78 Å². The van der Waals surface area contributed by atoms with Crippen LogP contribution in [-0.2, 0) is 14.3 Å². The van der Waals surface area contributed by atoms with Crippen LogP contribution >= 0.6 is 11.6 Å². The molecular formula is C21H33ClO3. The van der Waals surface area contributed by atoms with E-state index in [-0.39, 0.29) is 17.7 Å². The monoisotopic (exact) mass is 368 g/mol. The van der Waals surface area contributed by atoms with Crippen LogP contribution in [0.3, 0.4) is 0 Å². The molecule has 0 aromatic rings. The fourth-order valence-corrected chi connectivity index (χ4v) is 3.49. The van der Waals surface area contributed by atoms with E-state index in [0.717, 1.165) is 44.1 Å². The molecule has 0 fully saturated rings. The third-order valence-corrected chi connectivity index (χ3v) is 5.07. The predicted molar refractivity (Wildman–Crippen MR) is 104 cm³/mol. The van der Waals surface area contributed by atoms with Crippen molar-refractivity contribution in [3.63, 3.8) is 0 Å². The zero-order valence-electron chi connectivity index (χ0n) is 15.8. The number of ether oxygens (including phenoxy) is 1. The van der Waals surface area contributed by atoms with Crippen molar-refractivity contribution in [2.45, 2.75) is 84.0 Å². The molecule has 0 radical (unpaired) electrons. The molecule has 0 bridgehead atoms. The molecule has 142 valence electrons. The molecule has 0 aliphatic heterocycles. The lowest BCUT2D eigenvalue weighted by atomic mass is 9.94. The lowest BCUT2D eigenvalue weighted by Gasteiger charge is -2.10. The van der Waals surface area contributed by atoms with Gasteiger partial charge in [0, 0.05) is 17.9 Å². The van der Waals surface area contributed by atoms with Crippen molar-refractivity contribution in [3.8, 4) is 0 Å². The van der Waals surface area contributed by atoms with Gasteiger partial charge in [-0.25, -0.2) is 0 Å². The van der Waals surface area contributed by atoms with Crippen molar-refractivity contribution in [1.82, 2.24) is 0 Å². The molecule has 0 saturated heterocycles. The zero-order valence-corrected chi connectivity index (χ0v) is 16.6. The Balaban J connectivity index is 2.31. The summed E-state index contributed by atoms with van der Waals surface area (Å²) < 4.78 is 4.63. The number of esters is 1. The Morgan fingerprint density at radius 2 is 1.80 bits per heavy atom. The second-order valence-electron chi connectivity index (χ2n) is 6.84. The molecule has 0 N–H and O–H groups in total. The molecule has 1 unspecified atom stereocenters. The number of unbranched alkanes of at least 4 members (excludes halogenated alkanes) is 8. The van der Waals surface area contributed by atoms with Crippen LogP contribution in [0.25, 0.3) is 0 Å². The number of ketones is 1. The van der Waals surface area contributed by atoms with Gasteiger partial charge in [0.05, 0.1) is 12.1 Å². The van der Waals surface area contributed by atoms with Crippen LogP contribution in [0.1, 0.15) is 84.0 Å². The first-order valence-electron chi connectivity index (χ1n) is 9.79. The van der Waals surface area contributed by atoms with E-state index >= 15 is 0 Å². The van der Waals surface area contributed by atoms with E-state index in [2.05, 4.69) is 17.7 Å². The molecule has 0 spiro atoms. The third kappa shape index (κ3) is 8.71. The number of hydrogen-bond acceptors (Lipinski definition) is 3. The van der Waals surface area contributed by atoms with Crippen LogP contribution in [0.15, 0.2) is 22.8 Å². The number of allylic oxidation sites excluding steroid dienone is 4. The minimum absolute atomic E-state index is 0.00668. The first-order valence-corrected chi connectivity index (χ1v) is 10.2. The summed E-state index contributed by atoms with van der Waals surface area (Å²) in [5.41, 5.74) is 0.881. The quantitative estimate of drug-likeness (QED) is 0.224. The van der Waals surface area contributed by atoms with Crippen molar-refractivity contribution >= 4 is 23.4 Å². The number of rotatable bonds is 13. The third-order valence-electron chi connectivity index (χ3n) is 4.77. The van der Waals surface area contributed by atoms with Crippen molar-refractivity contribution in [1.29, 1.82) is 0 Å². The van der Waals surface area contributed by atoms with Gasteiger partial charge >= 0.3 is 5.97 Å². The number of halogens is 1. The summed E-state index contributed by atoms with van der Waals surface area (Å²) in [6.07, 6.45) is 16.7. The topological polar surface area (TPSA) is 43.4 Å². The Morgan fingerprint density at radius 3 is 2.52 bits per heavy atom. The molecule has 0 heterocycles. The molecule has 4 heteroatoms. The molecule has 3 nitrogen and oxygen atoms in total. The highest BCUT2D eigenvalue weighted by molar-refractivity contribution is 6.46. The molecule has 0 aromatic carbocycles. The summed E-state index contributed by atoms with van der Waals surface area (Å²) in [5.74, 6) is 0.0489. The van der Waals surface area contributed by atoms with E-state index in [4.69, 9.17) is 11.6 Å². The van der Waals surface area contributed by atoms with Gasteiger partial charge in [-0.2, -0.15) is 0 Å². The summed E-state index contributed by atoms with van der Waals surface area (Å²) in [6.45, 7) is 2.23. The van der Waals surface area contributed by atoms with Crippen LogP contribution < -0.4 is 0 Å². The normalized spacial score (nSPS) is 18.7. The van der Waals surface area contributed by atoms with Gasteiger partial charge in [-0.05, 0) is 25.7 Å². The van der Waals surface area contributed by atoms with Gasteiger partial charge in [0.2, 0.25) is 0 Å². The highest BCUT2D eigenvalue weighted by Gasteiger charge is 2.28. The molecule has 0 amide bonds. The van der Waals surface area contributed by atoms with E-state index in [0.29, 0.717) is 11.5 Å². The molecular weight excluding hydrogens is 336 g/mol. The van der Waals surface area contributed by atoms with Crippen molar-refractivity contribution in [2.24, 2.45) is 5.92 Å². The SMILES string of the molecule is CCCCCCCCC1C=C(Cl)C(=O)/C1=C\CCCCCC(=O)OC. The highest BCUT2D eigenvalue weighted by atomic mass is 35.5. The minimum atomic E-state index is -0.153. The molecule has 0 saturated carbocycles. The maximum absolute atomic E-state index is 12.2. The lowest BCUT2D eigenvalue weighted by Crippen LogP contribution is -2.04. The second kappa shape index (κ2) is 13.2. The van der Waals surface area contributed by atoms with Crippen LogP contribution in [0.5, 0.6) is 0 Å². The molecule has 1 aliphatic rings. The van der Waals surface area contributed by atoms with E-state index in [1.165, 1.54) is 39.2 Å². The Morgan fingerprint density at radius 1 is 1.12 bits per heavy atom. The minimum Gasteiger partial charge on any atom is -0.469 e. The van der Waals surface area contributed by atoms with E-state index in [1.807, 2.05) is 6.08 Å². The average Bonchev–Trinajstić information content (AvgIpc) is 2.88. The number of carbonyl (C=O) groups excluding carboxylic acids is 2.